The summed E-state index contributed by atoms with van der Waals surface area (Å²) in [6, 6.07) is 22.9. The number of aryl methyl sites for hydroxylation is 1. The second-order valence-electron chi connectivity index (χ2n) is 7.76. The lowest BCUT2D eigenvalue weighted by Crippen LogP contribution is -2.49. The summed E-state index contributed by atoms with van der Waals surface area (Å²) in [6.07, 6.45) is 0. The van der Waals surface area contributed by atoms with E-state index in [1.165, 1.54) is 27.9 Å². The summed E-state index contributed by atoms with van der Waals surface area (Å²) in [7, 11) is 0. The number of anilines is 1. The maximum Gasteiger partial charge on any atom is 0.233 e. The van der Waals surface area contributed by atoms with Crippen LogP contribution in [0.2, 0.25) is 0 Å². The second kappa shape index (κ2) is 9.30. The number of hydrogen-bond donors (Lipinski definition) is 0. The van der Waals surface area contributed by atoms with E-state index in [9.17, 15) is 4.79 Å². The van der Waals surface area contributed by atoms with E-state index in [2.05, 4.69) is 57.3 Å². The molecule has 4 aromatic rings. The third kappa shape index (κ3) is 4.49. The molecule has 1 amide bonds. The van der Waals surface area contributed by atoms with Crippen LogP contribution >= 0.6 is 23.1 Å². The van der Waals surface area contributed by atoms with Crippen LogP contribution < -0.4 is 4.90 Å². The first-order valence-electron chi connectivity index (χ1n) is 10.7. The summed E-state index contributed by atoms with van der Waals surface area (Å²) in [5.41, 5.74) is 2.40. The molecular weight excluding hydrogens is 436 g/mol. The quantitative estimate of drug-likeness (QED) is 0.306. The number of piperazine rings is 1. The normalized spacial score (nSPS) is 14.2. The molecule has 0 spiro atoms. The van der Waals surface area contributed by atoms with Gasteiger partial charge in [0.05, 0.1) is 5.75 Å². The zero-order valence-electron chi connectivity index (χ0n) is 17.9. The minimum atomic E-state index is 0.172. The molecule has 0 radical (unpaired) electrons. The minimum Gasteiger partial charge on any atom is -0.368 e. The number of thioether (sulfide) groups is 1. The van der Waals surface area contributed by atoms with Crippen LogP contribution in [-0.4, -0.2) is 52.7 Å². The van der Waals surface area contributed by atoms with Gasteiger partial charge in [0.15, 0.2) is 0 Å². The van der Waals surface area contributed by atoms with Gasteiger partial charge in [-0.1, -0.05) is 60.3 Å². The monoisotopic (exact) mass is 460 g/mol. The van der Waals surface area contributed by atoms with Crippen LogP contribution in [0.25, 0.3) is 20.7 Å². The molecule has 0 unspecified atom stereocenters. The summed E-state index contributed by atoms with van der Waals surface area (Å²) in [6.45, 7) is 5.15. The van der Waals surface area contributed by atoms with Crippen molar-refractivity contribution in [2.45, 2.75) is 11.9 Å². The number of carbonyl (C=O) groups is 1. The van der Waals surface area contributed by atoms with Gasteiger partial charge in [-0.2, -0.15) is 0 Å². The average Bonchev–Trinajstić information content (AvgIpc) is 3.28. The van der Waals surface area contributed by atoms with Gasteiger partial charge in [0, 0.05) is 42.1 Å². The summed E-state index contributed by atoms with van der Waals surface area (Å²) >= 11 is 3.20. The highest BCUT2D eigenvalue weighted by molar-refractivity contribution is 8.00. The Morgan fingerprint density at radius 1 is 0.969 bits per heavy atom. The lowest BCUT2D eigenvalue weighted by Gasteiger charge is -2.36. The first-order chi connectivity index (χ1) is 15.7. The van der Waals surface area contributed by atoms with Crippen LogP contribution in [0, 0.1) is 6.92 Å². The van der Waals surface area contributed by atoms with E-state index in [1.54, 1.807) is 11.3 Å². The number of amides is 1. The van der Waals surface area contributed by atoms with Crippen LogP contribution in [0.3, 0.4) is 0 Å². The molecule has 162 valence electrons. The van der Waals surface area contributed by atoms with Crippen molar-refractivity contribution >= 4 is 44.9 Å². The van der Waals surface area contributed by atoms with Crippen LogP contribution in [0.15, 0.2) is 71.8 Å². The molecular formula is C25H24N4OS2. The Morgan fingerprint density at radius 2 is 1.66 bits per heavy atom. The number of nitrogens with zero attached hydrogens (tertiary/aromatic N) is 4. The molecule has 1 aliphatic rings. The molecule has 1 aliphatic heterocycles. The SMILES string of the molecule is Cc1nc(SCC(=O)N2CCN(c3ccccc3)CC2)c2cc(-c3ccccc3)sc2n1. The van der Waals surface area contributed by atoms with Crippen molar-refractivity contribution in [1.82, 2.24) is 14.9 Å². The lowest BCUT2D eigenvalue weighted by atomic mass is 10.2. The van der Waals surface area contributed by atoms with Gasteiger partial charge in [-0.15, -0.1) is 11.3 Å². The van der Waals surface area contributed by atoms with E-state index in [0.29, 0.717) is 5.75 Å². The fourth-order valence-electron chi connectivity index (χ4n) is 3.93. The molecule has 5 rings (SSSR count). The van der Waals surface area contributed by atoms with E-state index in [-0.39, 0.29) is 5.91 Å². The molecule has 0 saturated carbocycles. The van der Waals surface area contributed by atoms with E-state index in [0.717, 1.165) is 47.2 Å². The van der Waals surface area contributed by atoms with Crippen molar-refractivity contribution in [3.05, 3.63) is 72.6 Å². The highest BCUT2D eigenvalue weighted by Gasteiger charge is 2.22. The highest BCUT2D eigenvalue weighted by Crippen LogP contribution is 2.36. The zero-order chi connectivity index (χ0) is 21.9. The Bertz CT molecular complexity index is 1220. The predicted molar refractivity (Wildman–Crippen MR) is 134 cm³/mol. The van der Waals surface area contributed by atoms with Crippen molar-refractivity contribution in [2.24, 2.45) is 0 Å². The molecule has 0 N–H and O–H groups in total. The number of carbonyl (C=O) groups excluding carboxylic acids is 1. The molecule has 1 fully saturated rings. The molecule has 0 bridgehead atoms. The van der Waals surface area contributed by atoms with Crippen molar-refractivity contribution < 1.29 is 4.79 Å². The fraction of sp³-hybridized carbons (Fsp3) is 0.240. The molecule has 1 saturated heterocycles. The maximum atomic E-state index is 12.9. The molecule has 2 aromatic heterocycles. The number of hydrogen-bond acceptors (Lipinski definition) is 6. The summed E-state index contributed by atoms with van der Waals surface area (Å²) in [5, 5.41) is 1.92. The molecule has 7 heteroatoms. The fourth-order valence-corrected chi connectivity index (χ4v) is 6.02. The van der Waals surface area contributed by atoms with Gasteiger partial charge < -0.3 is 9.80 Å². The molecule has 32 heavy (non-hydrogen) atoms. The Balaban J connectivity index is 1.26. The highest BCUT2D eigenvalue weighted by atomic mass is 32.2. The first kappa shape index (κ1) is 21.0. The number of thiophene rings is 1. The zero-order valence-corrected chi connectivity index (χ0v) is 19.5. The summed E-state index contributed by atoms with van der Waals surface area (Å²) in [5.74, 6) is 1.31. The van der Waals surface area contributed by atoms with Crippen molar-refractivity contribution in [3.8, 4) is 10.4 Å². The topological polar surface area (TPSA) is 49.3 Å². The van der Waals surface area contributed by atoms with E-state index < -0.39 is 0 Å². The van der Waals surface area contributed by atoms with E-state index >= 15 is 0 Å². The standard InChI is InChI=1S/C25H24N4OS2/c1-18-26-24(21-16-22(32-25(21)27-18)19-8-4-2-5-9-19)31-17-23(30)29-14-12-28(13-15-29)20-10-6-3-7-11-20/h2-11,16H,12-15,17H2,1H3. The molecule has 0 aliphatic carbocycles. The minimum absolute atomic E-state index is 0.172. The lowest BCUT2D eigenvalue weighted by molar-refractivity contribution is -0.128. The molecule has 2 aromatic carbocycles. The van der Waals surface area contributed by atoms with Crippen molar-refractivity contribution in [3.63, 3.8) is 0 Å². The Labute approximate surface area is 196 Å². The molecule has 3 heterocycles. The molecule has 0 atom stereocenters. The summed E-state index contributed by atoms with van der Waals surface area (Å²) < 4.78 is 0. The van der Waals surface area contributed by atoms with Gasteiger partial charge >= 0.3 is 0 Å². The maximum absolute atomic E-state index is 12.9. The van der Waals surface area contributed by atoms with Gasteiger partial charge in [-0.3, -0.25) is 4.79 Å². The Kier molecular flexibility index (Phi) is 6.10. The number of para-hydroxylation sites is 1. The van der Waals surface area contributed by atoms with Crippen molar-refractivity contribution in [2.75, 3.05) is 36.8 Å². The average molecular weight is 461 g/mol. The van der Waals surface area contributed by atoms with Crippen LogP contribution in [0.4, 0.5) is 5.69 Å². The smallest absolute Gasteiger partial charge is 0.233 e. The Morgan fingerprint density at radius 3 is 2.38 bits per heavy atom. The summed E-state index contributed by atoms with van der Waals surface area (Å²) in [4.78, 5) is 28.7. The van der Waals surface area contributed by atoms with Crippen LogP contribution in [0.5, 0.6) is 0 Å². The Hall–Kier alpha value is -2.90. The van der Waals surface area contributed by atoms with Crippen molar-refractivity contribution in [1.29, 1.82) is 0 Å². The van der Waals surface area contributed by atoms with E-state index in [1.807, 2.05) is 36.1 Å². The number of aromatic nitrogens is 2. The third-order valence-corrected chi connectivity index (χ3v) is 7.67. The van der Waals surface area contributed by atoms with Gasteiger partial charge in [-0.25, -0.2) is 9.97 Å². The first-order valence-corrected chi connectivity index (χ1v) is 12.5. The van der Waals surface area contributed by atoms with Gasteiger partial charge in [-0.05, 0) is 30.7 Å². The third-order valence-electron chi connectivity index (χ3n) is 5.61. The van der Waals surface area contributed by atoms with Crippen LogP contribution in [0.1, 0.15) is 5.82 Å². The number of benzene rings is 2. The van der Waals surface area contributed by atoms with Gasteiger partial charge in [0.2, 0.25) is 5.91 Å². The largest absolute Gasteiger partial charge is 0.368 e. The van der Waals surface area contributed by atoms with Gasteiger partial charge in [0.25, 0.3) is 0 Å². The van der Waals surface area contributed by atoms with Crippen LogP contribution in [-0.2, 0) is 4.79 Å². The number of fused-ring (bicyclic) bond motifs is 1. The number of rotatable bonds is 5. The van der Waals surface area contributed by atoms with E-state index in [4.69, 9.17) is 0 Å². The predicted octanol–water partition coefficient (Wildman–Crippen LogP) is 5.11. The molecule has 5 nitrogen and oxygen atoms in total. The second-order valence-corrected chi connectivity index (χ2v) is 9.76. The van der Waals surface area contributed by atoms with Gasteiger partial charge in [0.1, 0.15) is 15.7 Å².